The number of nitrogens with zero attached hydrogens (tertiary/aromatic N) is 3. The van der Waals surface area contributed by atoms with Gasteiger partial charge in [0, 0.05) is 32.3 Å². The van der Waals surface area contributed by atoms with E-state index in [-0.39, 0.29) is 5.78 Å². The van der Waals surface area contributed by atoms with Crippen LogP contribution in [0, 0.1) is 6.92 Å². The molecule has 0 aliphatic rings. The number of hydrogen-bond acceptors (Lipinski definition) is 7. The molecule has 0 saturated carbocycles. The number of aromatic nitrogens is 3. The summed E-state index contributed by atoms with van der Waals surface area (Å²) in [4.78, 5) is 25.7. The second-order valence-electron chi connectivity index (χ2n) is 7.82. The van der Waals surface area contributed by atoms with E-state index in [1.54, 1.807) is 26.6 Å². The number of Topliss-reactive ketones (excluding diaryl/α,β-unsaturated/α-hetero) is 1. The lowest BCUT2D eigenvalue weighted by Gasteiger charge is -2.13. The van der Waals surface area contributed by atoms with Gasteiger partial charge in [-0.3, -0.25) is 4.79 Å². The van der Waals surface area contributed by atoms with Gasteiger partial charge in [-0.2, -0.15) is 0 Å². The van der Waals surface area contributed by atoms with Crippen molar-refractivity contribution in [2.24, 2.45) is 0 Å². The number of benzene rings is 2. The Morgan fingerprint density at radius 3 is 2.53 bits per heavy atom. The third-order valence-electron chi connectivity index (χ3n) is 5.31. The molecule has 4 rings (SSSR count). The summed E-state index contributed by atoms with van der Waals surface area (Å²) in [5.41, 5.74) is 4.27. The SMILES string of the molecule is CNc1nccc(-c2cccnc2Oc2ccc(CC(=O)Cc3cccc(OC)c3)cc2C)n1. The van der Waals surface area contributed by atoms with E-state index in [1.165, 1.54) is 0 Å². The van der Waals surface area contributed by atoms with Gasteiger partial charge in [-0.05, 0) is 60.0 Å². The minimum atomic E-state index is 0.137. The molecule has 4 aromatic rings. The van der Waals surface area contributed by atoms with Crippen molar-refractivity contribution >= 4 is 11.7 Å². The monoisotopic (exact) mass is 454 g/mol. The smallest absolute Gasteiger partial charge is 0.228 e. The number of ketones is 1. The Kier molecular flexibility index (Phi) is 7.13. The van der Waals surface area contributed by atoms with Crippen LogP contribution >= 0.6 is 0 Å². The van der Waals surface area contributed by atoms with E-state index in [1.807, 2.05) is 67.6 Å². The minimum Gasteiger partial charge on any atom is -0.497 e. The summed E-state index contributed by atoms with van der Waals surface area (Å²) in [6, 6.07) is 18.9. The van der Waals surface area contributed by atoms with Crippen LogP contribution in [0.25, 0.3) is 11.3 Å². The molecule has 7 heteroatoms. The molecule has 0 aliphatic carbocycles. The predicted octanol–water partition coefficient (Wildman–Crippen LogP) is 5.04. The highest BCUT2D eigenvalue weighted by molar-refractivity contribution is 5.83. The maximum Gasteiger partial charge on any atom is 0.228 e. The molecule has 0 spiro atoms. The van der Waals surface area contributed by atoms with E-state index >= 15 is 0 Å². The van der Waals surface area contributed by atoms with Gasteiger partial charge < -0.3 is 14.8 Å². The van der Waals surface area contributed by atoms with E-state index in [9.17, 15) is 4.79 Å². The van der Waals surface area contributed by atoms with Crippen LogP contribution in [0.4, 0.5) is 5.95 Å². The summed E-state index contributed by atoms with van der Waals surface area (Å²) >= 11 is 0. The summed E-state index contributed by atoms with van der Waals surface area (Å²) < 4.78 is 11.4. The van der Waals surface area contributed by atoms with Crippen molar-refractivity contribution in [2.45, 2.75) is 19.8 Å². The molecule has 2 heterocycles. The van der Waals surface area contributed by atoms with Gasteiger partial charge in [-0.25, -0.2) is 15.0 Å². The first-order chi connectivity index (χ1) is 16.6. The zero-order chi connectivity index (χ0) is 23.9. The standard InChI is InChI=1S/C27H26N4O3/c1-18-14-20(16-21(32)15-19-6-4-7-22(17-19)33-3)9-10-25(18)34-26-23(8-5-12-29-26)24-11-13-30-27(28-2)31-24/h4-14,17H,15-16H2,1-3H3,(H,28,30,31). The Hall–Kier alpha value is -4.26. The summed E-state index contributed by atoms with van der Waals surface area (Å²) in [6.45, 7) is 1.96. The third kappa shape index (κ3) is 5.56. The highest BCUT2D eigenvalue weighted by atomic mass is 16.5. The van der Waals surface area contributed by atoms with E-state index in [0.29, 0.717) is 36.1 Å². The number of anilines is 1. The molecule has 0 fully saturated rings. The molecule has 1 N–H and O–H groups in total. The van der Waals surface area contributed by atoms with Crippen molar-refractivity contribution in [3.63, 3.8) is 0 Å². The quantitative estimate of drug-likeness (QED) is 0.379. The molecule has 7 nitrogen and oxygen atoms in total. The molecule has 0 amide bonds. The second kappa shape index (κ2) is 10.6. The number of carbonyl (C=O) groups excluding carboxylic acids is 1. The highest BCUT2D eigenvalue weighted by Crippen LogP contribution is 2.32. The summed E-state index contributed by atoms with van der Waals surface area (Å²) in [5.74, 6) is 2.53. The number of methoxy groups -OCH3 is 1. The summed E-state index contributed by atoms with van der Waals surface area (Å²) in [5, 5.41) is 2.94. The van der Waals surface area contributed by atoms with Crippen molar-refractivity contribution in [2.75, 3.05) is 19.5 Å². The minimum absolute atomic E-state index is 0.137. The van der Waals surface area contributed by atoms with Gasteiger partial charge in [0.05, 0.1) is 18.4 Å². The fourth-order valence-corrected chi connectivity index (χ4v) is 3.64. The zero-order valence-electron chi connectivity index (χ0n) is 19.4. The molecule has 2 aromatic heterocycles. The number of aryl methyl sites for hydroxylation is 1. The lowest BCUT2D eigenvalue weighted by Crippen LogP contribution is -2.07. The summed E-state index contributed by atoms with van der Waals surface area (Å²) in [7, 11) is 3.39. The average molecular weight is 455 g/mol. The van der Waals surface area contributed by atoms with Crippen molar-refractivity contribution in [1.29, 1.82) is 0 Å². The van der Waals surface area contributed by atoms with Gasteiger partial charge in [0.25, 0.3) is 0 Å². The molecule has 0 aliphatic heterocycles. The van der Waals surface area contributed by atoms with Crippen molar-refractivity contribution in [1.82, 2.24) is 15.0 Å². The molecule has 0 saturated heterocycles. The van der Waals surface area contributed by atoms with Crippen LogP contribution in [-0.4, -0.2) is 34.9 Å². The Labute approximate surface area is 198 Å². The van der Waals surface area contributed by atoms with Crippen molar-refractivity contribution in [3.8, 4) is 28.6 Å². The molecule has 172 valence electrons. The molecular weight excluding hydrogens is 428 g/mol. The van der Waals surface area contributed by atoms with Crippen LogP contribution in [0.2, 0.25) is 0 Å². The molecule has 2 aromatic carbocycles. The maximum atomic E-state index is 12.6. The topological polar surface area (TPSA) is 86.2 Å². The van der Waals surface area contributed by atoms with Crippen LogP contribution in [0.3, 0.4) is 0 Å². The maximum absolute atomic E-state index is 12.6. The van der Waals surface area contributed by atoms with Gasteiger partial charge in [-0.1, -0.05) is 24.3 Å². The number of ether oxygens (including phenoxy) is 2. The molecule has 0 bridgehead atoms. The first-order valence-electron chi connectivity index (χ1n) is 10.9. The second-order valence-corrected chi connectivity index (χ2v) is 7.82. The fourth-order valence-electron chi connectivity index (χ4n) is 3.64. The molecule has 0 atom stereocenters. The van der Waals surface area contributed by atoms with Gasteiger partial charge in [0.1, 0.15) is 17.3 Å². The highest BCUT2D eigenvalue weighted by Gasteiger charge is 2.13. The number of nitrogens with one attached hydrogen (secondary N) is 1. The van der Waals surface area contributed by atoms with Crippen LogP contribution in [-0.2, 0) is 17.6 Å². The lowest BCUT2D eigenvalue weighted by molar-refractivity contribution is -0.117. The van der Waals surface area contributed by atoms with Crippen LogP contribution in [0.1, 0.15) is 16.7 Å². The first kappa shape index (κ1) is 22.9. The fraction of sp³-hybridized carbons (Fsp3) is 0.185. The number of hydrogen-bond donors (Lipinski definition) is 1. The number of carbonyl (C=O) groups is 1. The van der Waals surface area contributed by atoms with E-state index in [0.717, 1.165) is 28.0 Å². The number of rotatable bonds is 9. The number of pyridine rings is 1. The third-order valence-corrected chi connectivity index (χ3v) is 5.31. The van der Waals surface area contributed by atoms with E-state index in [2.05, 4.69) is 20.3 Å². The largest absolute Gasteiger partial charge is 0.497 e. The van der Waals surface area contributed by atoms with Crippen LogP contribution in [0.15, 0.2) is 73.1 Å². The Morgan fingerprint density at radius 2 is 1.76 bits per heavy atom. The van der Waals surface area contributed by atoms with Crippen molar-refractivity contribution in [3.05, 3.63) is 89.7 Å². The van der Waals surface area contributed by atoms with E-state index < -0.39 is 0 Å². The Balaban J connectivity index is 1.48. The Morgan fingerprint density at radius 1 is 0.941 bits per heavy atom. The van der Waals surface area contributed by atoms with Gasteiger partial charge in [0.2, 0.25) is 11.8 Å². The van der Waals surface area contributed by atoms with Crippen LogP contribution < -0.4 is 14.8 Å². The summed E-state index contributed by atoms with van der Waals surface area (Å²) in [6.07, 6.45) is 4.08. The van der Waals surface area contributed by atoms with Crippen molar-refractivity contribution < 1.29 is 14.3 Å². The molecule has 34 heavy (non-hydrogen) atoms. The Bertz CT molecular complexity index is 1310. The zero-order valence-corrected chi connectivity index (χ0v) is 19.4. The van der Waals surface area contributed by atoms with Gasteiger partial charge in [-0.15, -0.1) is 0 Å². The molecule has 0 radical (unpaired) electrons. The first-order valence-corrected chi connectivity index (χ1v) is 10.9. The van der Waals surface area contributed by atoms with E-state index in [4.69, 9.17) is 9.47 Å². The predicted molar refractivity (Wildman–Crippen MR) is 131 cm³/mol. The van der Waals surface area contributed by atoms with Gasteiger partial charge in [0.15, 0.2) is 0 Å². The normalized spacial score (nSPS) is 10.6. The molecular formula is C27H26N4O3. The molecule has 0 unspecified atom stereocenters. The average Bonchev–Trinajstić information content (AvgIpc) is 2.86. The van der Waals surface area contributed by atoms with Crippen LogP contribution in [0.5, 0.6) is 17.4 Å². The lowest BCUT2D eigenvalue weighted by atomic mass is 10.0. The van der Waals surface area contributed by atoms with Gasteiger partial charge >= 0.3 is 0 Å².